The van der Waals surface area contributed by atoms with Crippen molar-refractivity contribution < 1.29 is 19.1 Å². The maximum absolute atomic E-state index is 13.1. The van der Waals surface area contributed by atoms with E-state index in [9.17, 15) is 9.59 Å². The van der Waals surface area contributed by atoms with Crippen molar-refractivity contribution in [1.82, 2.24) is 15.2 Å². The van der Waals surface area contributed by atoms with E-state index in [2.05, 4.69) is 45.5 Å². The first-order chi connectivity index (χ1) is 17.6. The summed E-state index contributed by atoms with van der Waals surface area (Å²) in [7, 11) is 3.01. The maximum atomic E-state index is 13.1. The van der Waals surface area contributed by atoms with Crippen molar-refractivity contribution in [3.63, 3.8) is 0 Å². The average Bonchev–Trinajstić information content (AvgIpc) is 3.30. The summed E-state index contributed by atoms with van der Waals surface area (Å²) in [5, 5.41) is 4.22. The van der Waals surface area contributed by atoms with Crippen molar-refractivity contribution >= 4 is 22.8 Å². The Balaban J connectivity index is 1.40. The Morgan fingerprint density at radius 1 is 1.00 bits per heavy atom. The van der Waals surface area contributed by atoms with Gasteiger partial charge in [0.25, 0.3) is 0 Å². The number of nitrogens with one attached hydrogen (secondary N) is 2. The van der Waals surface area contributed by atoms with Gasteiger partial charge in [0.2, 0.25) is 5.91 Å². The number of hydrogen-bond donors (Lipinski definition) is 2. The van der Waals surface area contributed by atoms with Gasteiger partial charge in [0.05, 0.1) is 32.4 Å². The first kappa shape index (κ1) is 23.6. The van der Waals surface area contributed by atoms with Crippen LogP contribution in [0.15, 0.2) is 72.8 Å². The largest absolute Gasteiger partial charge is 0.497 e. The van der Waals surface area contributed by atoms with E-state index in [1.54, 1.807) is 19.2 Å². The molecule has 1 unspecified atom stereocenters. The highest BCUT2D eigenvalue weighted by atomic mass is 16.5. The minimum atomic E-state index is -0.415. The minimum absolute atomic E-state index is 0.0971. The number of para-hydroxylation sites is 1. The topological polar surface area (TPSA) is 83.7 Å². The number of fused-ring (bicyclic) bond motifs is 3. The van der Waals surface area contributed by atoms with E-state index >= 15 is 0 Å². The molecular weight excluding hydrogens is 454 g/mol. The van der Waals surface area contributed by atoms with Gasteiger partial charge in [0.1, 0.15) is 5.75 Å². The van der Waals surface area contributed by atoms with Crippen LogP contribution >= 0.6 is 0 Å². The van der Waals surface area contributed by atoms with E-state index in [1.807, 2.05) is 30.3 Å². The number of carbonyl (C=O) groups excluding carboxylic acids is 2. The molecule has 0 spiro atoms. The van der Waals surface area contributed by atoms with Gasteiger partial charge in [-0.05, 0) is 47.4 Å². The van der Waals surface area contributed by atoms with Crippen LogP contribution in [-0.2, 0) is 22.5 Å². The molecule has 1 atom stereocenters. The molecule has 1 aromatic heterocycles. The van der Waals surface area contributed by atoms with E-state index in [1.165, 1.54) is 18.1 Å². The number of H-pyrrole nitrogens is 1. The van der Waals surface area contributed by atoms with E-state index in [0.29, 0.717) is 5.56 Å². The smallest absolute Gasteiger partial charge is 0.338 e. The monoisotopic (exact) mass is 483 g/mol. The number of nitrogens with zero attached hydrogens (tertiary/aromatic N) is 1. The number of methoxy groups -OCH3 is 2. The molecule has 1 amide bonds. The standard InChI is InChI=1S/C29H29N3O4/c1-35-21-13-11-19(12-14-21)28-27-24(23-9-5-6-10-25(23)31-27)15-16-32(28)18-26(33)30-17-20-7-3-4-8-22(20)29(34)36-2/h3-14,28,31H,15-18H2,1-2H3,(H,30,33). The lowest BCUT2D eigenvalue weighted by Crippen LogP contribution is -2.43. The molecule has 36 heavy (non-hydrogen) atoms. The van der Waals surface area contributed by atoms with Crippen LogP contribution in [-0.4, -0.2) is 49.1 Å². The van der Waals surface area contributed by atoms with Crippen molar-refractivity contribution in [1.29, 1.82) is 0 Å². The third kappa shape index (κ3) is 4.57. The maximum Gasteiger partial charge on any atom is 0.338 e. The molecule has 0 saturated heterocycles. The molecule has 7 nitrogen and oxygen atoms in total. The molecule has 0 bridgehead atoms. The summed E-state index contributed by atoms with van der Waals surface area (Å²) < 4.78 is 10.2. The van der Waals surface area contributed by atoms with Crippen LogP contribution in [0.1, 0.15) is 38.8 Å². The lowest BCUT2D eigenvalue weighted by molar-refractivity contribution is -0.122. The van der Waals surface area contributed by atoms with Gasteiger partial charge in [0.15, 0.2) is 0 Å². The van der Waals surface area contributed by atoms with Crippen LogP contribution < -0.4 is 10.1 Å². The van der Waals surface area contributed by atoms with Gasteiger partial charge in [-0.1, -0.05) is 48.5 Å². The lowest BCUT2D eigenvalue weighted by Gasteiger charge is -2.35. The zero-order chi connectivity index (χ0) is 25.1. The van der Waals surface area contributed by atoms with E-state index in [0.717, 1.165) is 41.1 Å². The summed E-state index contributed by atoms with van der Waals surface area (Å²) in [6.07, 6.45) is 0.852. The van der Waals surface area contributed by atoms with Crippen LogP contribution in [0.3, 0.4) is 0 Å². The minimum Gasteiger partial charge on any atom is -0.497 e. The predicted molar refractivity (Wildman–Crippen MR) is 138 cm³/mol. The molecule has 4 aromatic rings. The zero-order valence-electron chi connectivity index (χ0n) is 20.4. The number of aromatic nitrogens is 1. The molecular formula is C29H29N3O4. The number of esters is 1. The molecule has 0 aliphatic carbocycles. The molecule has 0 radical (unpaired) electrons. The lowest BCUT2D eigenvalue weighted by atomic mass is 9.92. The first-order valence-electron chi connectivity index (χ1n) is 12.0. The van der Waals surface area contributed by atoms with Crippen molar-refractivity contribution in [2.75, 3.05) is 27.3 Å². The summed E-state index contributed by atoms with van der Waals surface area (Å²) in [5.74, 6) is 0.273. The van der Waals surface area contributed by atoms with Crippen molar-refractivity contribution in [2.24, 2.45) is 0 Å². The summed E-state index contributed by atoms with van der Waals surface area (Å²) >= 11 is 0. The summed E-state index contributed by atoms with van der Waals surface area (Å²) in [6, 6.07) is 23.4. The fourth-order valence-electron chi connectivity index (χ4n) is 5.04. The van der Waals surface area contributed by atoms with Crippen LogP contribution in [0.25, 0.3) is 10.9 Å². The van der Waals surface area contributed by atoms with Gasteiger partial charge in [-0.3, -0.25) is 9.69 Å². The number of benzene rings is 3. The molecule has 3 aromatic carbocycles. The molecule has 0 saturated carbocycles. The summed E-state index contributed by atoms with van der Waals surface area (Å²) in [5.41, 5.74) is 5.79. The first-order valence-corrected chi connectivity index (χ1v) is 12.0. The Kier molecular flexibility index (Phi) is 6.73. The summed E-state index contributed by atoms with van der Waals surface area (Å²) in [6.45, 7) is 1.23. The van der Waals surface area contributed by atoms with E-state index < -0.39 is 5.97 Å². The number of ether oxygens (including phenoxy) is 2. The number of carbonyl (C=O) groups is 2. The van der Waals surface area contributed by atoms with Crippen LogP contribution in [0.2, 0.25) is 0 Å². The molecule has 1 aliphatic heterocycles. The second-order valence-electron chi connectivity index (χ2n) is 8.88. The van der Waals surface area contributed by atoms with Crippen LogP contribution in [0.4, 0.5) is 0 Å². The highest BCUT2D eigenvalue weighted by Gasteiger charge is 2.32. The van der Waals surface area contributed by atoms with E-state index in [4.69, 9.17) is 9.47 Å². The second-order valence-corrected chi connectivity index (χ2v) is 8.88. The number of aromatic amines is 1. The molecule has 2 N–H and O–H groups in total. The Morgan fingerprint density at radius 3 is 2.53 bits per heavy atom. The highest BCUT2D eigenvalue weighted by Crippen LogP contribution is 2.38. The fourth-order valence-corrected chi connectivity index (χ4v) is 5.04. The molecule has 2 heterocycles. The molecule has 5 rings (SSSR count). The van der Waals surface area contributed by atoms with Gasteiger partial charge in [-0.15, -0.1) is 0 Å². The quantitative estimate of drug-likeness (QED) is 0.385. The predicted octanol–water partition coefficient (Wildman–Crippen LogP) is 4.23. The van der Waals surface area contributed by atoms with E-state index in [-0.39, 0.29) is 25.0 Å². The van der Waals surface area contributed by atoms with Crippen molar-refractivity contribution in [3.05, 3.63) is 101 Å². The van der Waals surface area contributed by atoms with Gasteiger partial charge in [-0.25, -0.2) is 4.79 Å². The third-order valence-corrected chi connectivity index (χ3v) is 6.81. The second kappa shape index (κ2) is 10.3. The number of hydrogen-bond acceptors (Lipinski definition) is 5. The Bertz CT molecular complexity index is 1390. The Morgan fingerprint density at radius 2 is 1.75 bits per heavy atom. The molecule has 0 fully saturated rings. The number of amides is 1. The molecule has 7 heteroatoms. The van der Waals surface area contributed by atoms with Gasteiger partial charge >= 0.3 is 5.97 Å². The fraction of sp³-hybridized carbons (Fsp3) is 0.241. The zero-order valence-corrected chi connectivity index (χ0v) is 20.4. The van der Waals surface area contributed by atoms with Crippen molar-refractivity contribution in [2.45, 2.75) is 19.0 Å². The Labute approximate surface area is 210 Å². The van der Waals surface area contributed by atoms with Crippen molar-refractivity contribution in [3.8, 4) is 5.75 Å². The molecule has 1 aliphatic rings. The van der Waals surface area contributed by atoms with Gasteiger partial charge < -0.3 is 19.8 Å². The van der Waals surface area contributed by atoms with Gasteiger partial charge in [0, 0.05) is 29.7 Å². The van der Waals surface area contributed by atoms with Gasteiger partial charge in [-0.2, -0.15) is 0 Å². The number of rotatable bonds is 7. The Hall–Kier alpha value is -4.10. The van der Waals surface area contributed by atoms with Crippen LogP contribution in [0.5, 0.6) is 5.75 Å². The summed E-state index contributed by atoms with van der Waals surface area (Å²) in [4.78, 5) is 31.0. The third-order valence-electron chi connectivity index (χ3n) is 6.81. The van der Waals surface area contributed by atoms with Crippen LogP contribution in [0, 0.1) is 0 Å². The molecule has 184 valence electrons. The normalized spacial score (nSPS) is 15.3. The average molecular weight is 484 g/mol. The SMILES string of the molecule is COC(=O)c1ccccc1CNC(=O)CN1CCc2c([nH]c3ccccc23)C1c1ccc(OC)cc1. The highest BCUT2D eigenvalue weighted by molar-refractivity contribution is 5.91.